The number of imidazole rings is 1. The van der Waals surface area contributed by atoms with E-state index < -0.39 is 73.1 Å². The zero-order chi connectivity index (χ0) is 23.6. The second kappa shape index (κ2) is 11.9. The van der Waals surface area contributed by atoms with Crippen molar-refractivity contribution in [1.82, 2.24) is 25.9 Å². The van der Waals surface area contributed by atoms with Crippen LogP contribution >= 0.6 is 0 Å². The summed E-state index contributed by atoms with van der Waals surface area (Å²) in [5.74, 6) is -7.09. The Hall–Kier alpha value is -4.01. The van der Waals surface area contributed by atoms with Crippen molar-refractivity contribution in [1.29, 1.82) is 0 Å². The number of carboxylic acid groups (broad SMARTS) is 3. The largest absolute Gasteiger partial charge is 0.481 e. The first-order valence-corrected chi connectivity index (χ1v) is 8.76. The molecular weight excluding hydrogens is 420 g/mol. The molecule has 3 amide bonds. The molecule has 3 unspecified atom stereocenters. The van der Waals surface area contributed by atoms with Crippen LogP contribution in [0.15, 0.2) is 12.5 Å². The lowest BCUT2D eigenvalue weighted by Crippen LogP contribution is -2.54. The smallest absolute Gasteiger partial charge is 0.326 e. The molecule has 170 valence electrons. The molecule has 1 heterocycles. The van der Waals surface area contributed by atoms with Crippen molar-refractivity contribution in [2.75, 3.05) is 6.54 Å². The van der Waals surface area contributed by atoms with Crippen LogP contribution in [0, 0.1) is 0 Å². The Kier molecular flexibility index (Phi) is 9.58. The van der Waals surface area contributed by atoms with Gasteiger partial charge in [-0.15, -0.1) is 0 Å². The van der Waals surface area contributed by atoms with Gasteiger partial charge in [0.05, 0.1) is 31.8 Å². The molecule has 0 saturated heterocycles. The van der Waals surface area contributed by atoms with Crippen LogP contribution in [-0.2, 0) is 35.2 Å². The topological polar surface area (TPSA) is 254 Å². The number of carbonyl (C=O) groups is 6. The van der Waals surface area contributed by atoms with Crippen LogP contribution in [0.1, 0.15) is 18.5 Å². The highest BCUT2D eigenvalue weighted by Crippen LogP contribution is 2.01. The van der Waals surface area contributed by atoms with Crippen molar-refractivity contribution in [2.24, 2.45) is 5.73 Å². The third kappa shape index (κ3) is 9.35. The van der Waals surface area contributed by atoms with Gasteiger partial charge in [0.25, 0.3) is 0 Å². The second-order valence-electron chi connectivity index (χ2n) is 6.32. The van der Waals surface area contributed by atoms with Gasteiger partial charge in [0, 0.05) is 18.3 Å². The third-order valence-corrected chi connectivity index (χ3v) is 3.78. The van der Waals surface area contributed by atoms with E-state index in [-0.39, 0.29) is 6.42 Å². The maximum absolute atomic E-state index is 12.5. The first-order valence-electron chi connectivity index (χ1n) is 8.76. The summed E-state index contributed by atoms with van der Waals surface area (Å²) in [5.41, 5.74) is 5.76. The number of carboxylic acids is 3. The fraction of sp³-hybridized carbons (Fsp3) is 0.438. The number of nitrogens with one attached hydrogen (secondary N) is 4. The molecule has 0 aliphatic rings. The number of amides is 3. The highest BCUT2D eigenvalue weighted by molar-refractivity contribution is 5.93. The van der Waals surface area contributed by atoms with Crippen molar-refractivity contribution in [2.45, 2.75) is 37.4 Å². The Morgan fingerprint density at radius 2 is 1.61 bits per heavy atom. The number of aromatic amines is 1. The fourth-order valence-corrected chi connectivity index (χ4v) is 2.30. The average molecular weight is 442 g/mol. The molecule has 3 atom stereocenters. The highest BCUT2D eigenvalue weighted by Gasteiger charge is 2.29. The van der Waals surface area contributed by atoms with Crippen molar-refractivity contribution in [3.63, 3.8) is 0 Å². The van der Waals surface area contributed by atoms with Gasteiger partial charge in [-0.3, -0.25) is 24.0 Å². The summed E-state index contributed by atoms with van der Waals surface area (Å²) in [4.78, 5) is 75.3. The monoisotopic (exact) mass is 442 g/mol. The van der Waals surface area contributed by atoms with Crippen LogP contribution in [0.2, 0.25) is 0 Å². The number of H-pyrrole nitrogens is 1. The van der Waals surface area contributed by atoms with E-state index in [1.165, 1.54) is 12.5 Å². The van der Waals surface area contributed by atoms with Crippen LogP contribution in [0.5, 0.6) is 0 Å². The maximum Gasteiger partial charge on any atom is 0.326 e. The summed E-state index contributed by atoms with van der Waals surface area (Å²) in [6.07, 6.45) is 0.969. The van der Waals surface area contributed by atoms with Crippen molar-refractivity contribution >= 4 is 35.6 Å². The molecule has 15 nitrogen and oxygen atoms in total. The average Bonchev–Trinajstić information content (AvgIpc) is 3.17. The molecular formula is C16H22N6O9. The molecule has 15 heteroatoms. The van der Waals surface area contributed by atoms with E-state index in [1.807, 2.05) is 5.32 Å². The minimum Gasteiger partial charge on any atom is -0.481 e. The number of carbonyl (C=O) groups excluding carboxylic acids is 3. The number of aliphatic carboxylic acids is 3. The van der Waals surface area contributed by atoms with Crippen LogP contribution in [0.25, 0.3) is 0 Å². The van der Waals surface area contributed by atoms with Crippen molar-refractivity contribution in [3.8, 4) is 0 Å². The van der Waals surface area contributed by atoms with Gasteiger partial charge < -0.3 is 42.0 Å². The summed E-state index contributed by atoms with van der Waals surface area (Å²) in [6, 6.07) is -4.46. The number of hydrogen-bond acceptors (Lipinski definition) is 8. The lowest BCUT2D eigenvalue weighted by Gasteiger charge is -2.21. The second-order valence-corrected chi connectivity index (χ2v) is 6.32. The van der Waals surface area contributed by atoms with Gasteiger partial charge in [0.2, 0.25) is 17.7 Å². The number of aromatic nitrogens is 2. The summed E-state index contributed by atoms with van der Waals surface area (Å²) >= 11 is 0. The Bertz CT molecular complexity index is 826. The Labute approximate surface area is 174 Å². The predicted molar refractivity (Wildman–Crippen MR) is 99.3 cm³/mol. The van der Waals surface area contributed by atoms with Gasteiger partial charge in [-0.25, -0.2) is 9.78 Å². The first-order chi connectivity index (χ1) is 14.5. The molecule has 0 spiro atoms. The molecule has 0 saturated carbocycles. The highest BCUT2D eigenvalue weighted by atomic mass is 16.4. The third-order valence-electron chi connectivity index (χ3n) is 3.78. The molecule has 0 aliphatic heterocycles. The van der Waals surface area contributed by atoms with Crippen LogP contribution in [-0.4, -0.2) is 85.6 Å². The number of hydrogen-bond donors (Lipinski definition) is 8. The number of rotatable bonds is 13. The van der Waals surface area contributed by atoms with E-state index in [4.69, 9.17) is 21.1 Å². The summed E-state index contributed by atoms with van der Waals surface area (Å²) in [6.45, 7) is -0.642. The molecule has 9 N–H and O–H groups in total. The minimum atomic E-state index is -1.74. The molecule has 1 rings (SSSR count). The molecule has 1 aromatic rings. The Balaban J connectivity index is 2.78. The van der Waals surface area contributed by atoms with Gasteiger partial charge in [-0.05, 0) is 0 Å². The van der Waals surface area contributed by atoms with Crippen LogP contribution in [0.4, 0.5) is 0 Å². The van der Waals surface area contributed by atoms with E-state index in [0.29, 0.717) is 5.69 Å². The van der Waals surface area contributed by atoms with E-state index in [0.717, 1.165) is 0 Å². The molecule has 0 fully saturated rings. The zero-order valence-electron chi connectivity index (χ0n) is 16.0. The SMILES string of the molecule is NC(CC(=O)O)C(=O)NCC(=O)NC(Cc1cnc[nH]1)C(=O)NC(CC(=O)O)C(=O)O. The lowest BCUT2D eigenvalue weighted by atomic mass is 10.1. The van der Waals surface area contributed by atoms with Gasteiger partial charge in [-0.2, -0.15) is 0 Å². The Morgan fingerprint density at radius 3 is 2.13 bits per heavy atom. The van der Waals surface area contributed by atoms with E-state index in [2.05, 4.69) is 20.6 Å². The molecule has 0 aliphatic carbocycles. The zero-order valence-corrected chi connectivity index (χ0v) is 16.0. The van der Waals surface area contributed by atoms with Gasteiger partial charge >= 0.3 is 17.9 Å². The predicted octanol–water partition coefficient (Wildman–Crippen LogP) is -3.60. The number of nitrogens with two attached hydrogens (primary N) is 1. The van der Waals surface area contributed by atoms with Crippen LogP contribution in [0.3, 0.4) is 0 Å². The minimum absolute atomic E-state index is 0.149. The van der Waals surface area contributed by atoms with Gasteiger partial charge in [0.1, 0.15) is 12.1 Å². The number of nitrogens with zero attached hydrogens (tertiary/aromatic N) is 1. The summed E-state index contributed by atoms with van der Waals surface area (Å²) < 4.78 is 0. The normalized spacial score (nSPS) is 13.3. The quantitative estimate of drug-likeness (QED) is 0.148. The van der Waals surface area contributed by atoms with Gasteiger partial charge in [0.15, 0.2) is 0 Å². The molecule has 0 bridgehead atoms. The summed E-state index contributed by atoms with van der Waals surface area (Å²) in [5, 5.41) is 32.9. The van der Waals surface area contributed by atoms with E-state index in [1.54, 1.807) is 0 Å². The van der Waals surface area contributed by atoms with E-state index in [9.17, 15) is 28.8 Å². The van der Waals surface area contributed by atoms with E-state index >= 15 is 0 Å². The fourth-order valence-electron chi connectivity index (χ4n) is 2.30. The Morgan fingerprint density at radius 1 is 0.968 bits per heavy atom. The lowest BCUT2D eigenvalue weighted by molar-refractivity contribution is -0.147. The first kappa shape index (κ1) is 25.0. The van der Waals surface area contributed by atoms with Crippen molar-refractivity contribution in [3.05, 3.63) is 18.2 Å². The summed E-state index contributed by atoms with van der Waals surface area (Å²) in [7, 11) is 0. The molecule has 31 heavy (non-hydrogen) atoms. The molecule has 0 radical (unpaired) electrons. The molecule has 1 aromatic heterocycles. The van der Waals surface area contributed by atoms with Crippen molar-refractivity contribution < 1.29 is 44.1 Å². The standard InChI is InChI=1S/C16H22N6O9/c17-8(2-12(24)25)14(28)19-5-11(23)21-9(1-7-4-18-6-20-7)15(29)22-10(16(30)31)3-13(26)27/h4,6,8-10H,1-3,5,17H2,(H,18,20)(H,19,28)(H,21,23)(H,22,29)(H,24,25)(H,26,27)(H,30,31). The molecule has 0 aromatic carbocycles. The van der Waals surface area contributed by atoms with Crippen LogP contribution < -0.4 is 21.7 Å². The maximum atomic E-state index is 12.5. The van der Waals surface area contributed by atoms with Gasteiger partial charge in [-0.1, -0.05) is 0 Å².